The van der Waals surface area contributed by atoms with Gasteiger partial charge in [-0.25, -0.2) is 4.79 Å². The Morgan fingerprint density at radius 2 is 1.91 bits per heavy atom. The molecule has 0 aromatic heterocycles. The summed E-state index contributed by atoms with van der Waals surface area (Å²) in [6.07, 6.45) is 1.20. The average Bonchev–Trinajstić information content (AvgIpc) is 2.73. The first-order chi connectivity index (χ1) is 10.9. The summed E-state index contributed by atoms with van der Waals surface area (Å²) in [6.45, 7) is 0. The van der Waals surface area contributed by atoms with E-state index in [1.54, 1.807) is 31.3 Å². The second-order valence-corrected chi connectivity index (χ2v) is 6.45. The molecule has 2 bridgehead atoms. The van der Waals surface area contributed by atoms with Gasteiger partial charge in [0.15, 0.2) is 0 Å². The van der Waals surface area contributed by atoms with Crippen LogP contribution in [0.1, 0.15) is 29.6 Å². The molecule has 6 heteroatoms. The molecular formula is C17H21NO5. The summed E-state index contributed by atoms with van der Waals surface area (Å²) >= 11 is 0. The first-order valence-electron chi connectivity index (χ1n) is 7.86. The summed E-state index contributed by atoms with van der Waals surface area (Å²) in [4.78, 5) is 24.5. The van der Waals surface area contributed by atoms with Crippen LogP contribution in [0.25, 0.3) is 0 Å². The number of hydrogen-bond acceptors (Lipinski definition) is 5. The van der Waals surface area contributed by atoms with Gasteiger partial charge in [-0.3, -0.25) is 4.79 Å². The fourth-order valence-electron chi connectivity index (χ4n) is 3.98. The molecule has 0 radical (unpaired) electrons. The number of hydrogen-bond donors (Lipinski definition) is 0. The number of hydroxylamine groups is 3. The van der Waals surface area contributed by atoms with Crippen molar-refractivity contribution in [3.63, 3.8) is 0 Å². The Kier molecular flexibility index (Phi) is 4.12. The second kappa shape index (κ2) is 5.94. The van der Waals surface area contributed by atoms with Crippen LogP contribution in [0.15, 0.2) is 30.3 Å². The third-order valence-corrected chi connectivity index (χ3v) is 5.24. The van der Waals surface area contributed by atoms with Crippen LogP contribution in [-0.2, 0) is 14.3 Å². The van der Waals surface area contributed by atoms with Crippen LogP contribution in [0.5, 0.6) is 0 Å². The number of carbonyl (C=O) groups is 2. The summed E-state index contributed by atoms with van der Waals surface area (Å²) < 4.78 is 10.0. The zero-order valence-corrected chi connectivity index (χ0v) is 13.3. The molecule has 1 unspecified atom stereocenters. The minimum Gasteiger partial charge on any atom is -0.633 e. The van der Waals surface area contributed by atoms with E-state index in [9.17, 15) is 14.8 Å². The van der Waals surface area contributed by atoms with E-state index in [2.05, 4.69) is 0 Å². The molecule has 2 heterocycles. The van der Waals surface area contributed by atoms with Crippen molar-refractivity contribution in [1.82, 2.24) is 0 Å². The van der Waals surface area contributed by atoms with Crippen LogP contribution in [0.4, 0.5) is 0 Å². The van der Waals surface area contributed by atoms with Crippen LogP contribution in [0, 0.1) is 11.1 Å². The summed E-state index contributed by atoms with van der Waals surface area (Å²) in [5.41, 5.74) is 0.438. The number of piperidine rings is 1. The molecule has 5 atom stereocenters. The molecule has 23 heavy (non-hydrogen) atoms. The number of methoxy groups -OCH3 is 1. The van der Waals surface area contributed by atoms with Crippen molar-refractivity contribution >= 4 is 11.9 Å². The Balaban J connectivity index is 1.83. The minimum absolute atomic E-state index is 0.130. The fourth-order valence-corrected chi connectivity index (χ4v) is 3.98. The van der Waals surface area contributed by atoms with Gasteiger partial charge in [-0.05, 0) is 12.1 Å². The Labute approximate surface area is 135 Å². The van der Waals surface area contributed by atoms with Crippen LogP contribution in [-0.4, -0.2) is 48.9 Å². The van der Waals surface area contributed by atoms with Gasteiger partial charge in [0.05, 0.1) is 25.8 Å². The van der Waals surface area contributed by atoms with E-state index >= 15 is 0 Å². The number of fused-ring (bicyclic) bond motifs is 2. The van der Waals surface area contributed by atoms with Gasteiger partial charge in [0.25, 0.3) is 0 Å². The van der Waals surface area contributed by atoms with Crippen molar-refractivity contribution < 1.29 is 23.7 Å². The lowest BCUT2D eigenvalue weighted by atomic mass is 9.87. The Morgan fingerprint density at radius 1 is 1.22 bits per heavy atom. The van der Waals surface area contributed by atoms with E-state index in [0.717, 1.165) is 6.42 Å². The SMILES string of the molecule is COC(=O)[C@H]1[C@@H](OC(=O)c2ccccc2)C[C@@H]2CC[C@H]1[N+]2(C)[O-]. The number of ether oxygens (including phenoxy) is 2. The Morgan fingerprint density at radius 3 is 2.57 bits per heavy atom. The zero-order valence-electron chi connectivity index (χ0n) is 13.3. The molecule has 1 aromatic rings. The predicted molar refractivity (Wildman–Crippen MR) is 82.1 cm³/mol. The van der Waals surface area contributed by atoms with Crippen molar-refractivity contribution in [2.24, 2.45) is 5.92 Å². The van der Waals surface area contributed by atoms with Gasteiger partial charge in [0, 0.05) is 19.3 Å². The smallest absolute Gasteiger partial charge is 0.338 e. The molecule has 124 valence electrons. The highest BCUT2D eigenvalue weighted by molar-refractivity contribution is 5.89. The van der Waals surface area contributed by atoms with Crippen LogP contribution in [0.2, 0.25) is 0 Å². The van der Waals surface area contributed by atoms with Gasteiger partial charge >= 0.3 is 11.9 Å². The molecular weight excluding hydrogens is 298 g/mol. The van der Waals surface area contributed by atoms with Crippen molar-refractivity contribution in [2.75, 3.05) is 14.2 Å². The molecule has 1 aromatic carbocycles. The molecule has 3 rings (SSSR count). The molecule has 0 aliphatic carbocycles. The van der Waals surface area contributed by atoms with Gasteiger partial charge in [-0.2, -0.15) is 0 Å². The molecule has 2 saturated heterocycles. The van der Waals surface area contributed by atoms with E-state index in [-0.39, 0.29) is 6.04 Å². The van der Waals surface area contributed by atoms with E-state index in [0.29, 0.717) is 18.4 Å². The van der Waals surface area contributed by atoms with E-state index in [1.165, 1.54) is 7.11 Å². The van der Waals surface area contributed by atoms with Gasteiger partial charge in [0.1, 0.15) is 18.1 Å². The predicted octanol–water partition coefficient (Wildman–Crippen LogP) is 1.88. The fraction of sp³-hybridized carbons (Fsp3) is 0.529. The Bertz CT molecular complexity index is 600. The van der Waals surface area contributed by atoms with Crippen molar-refractivity contribution in [1.29, 1.82) is 0 Å². The molecule has 0 amide bonds. The number of rotatable bonds is 3. The molecule has 6 nitrogen and oxygen atoms in total. The lowest BCUT2D eigenvalue weighted by Gasteiger charge is -2.52. The lowest BCUT2D eigenvalue weighted by molar-refractivity contribution is -0.906. The monoisotopic (exact) mass is 319 g/mol. The highest BCUT2D eigenvalue weighted by Crippen LogP contribution is 2.45. The number of quaternary nitrogens is 1. The molecule has 2 fully saturated rings. The molecule has 0 N–H and O–H groups in total. The number of nitrogens with zero attached hydrogens (tertiary/aromatic N) is 1. The lowest BCUT2D eigenvalue weighted by Crippen LogP contribution is -2.61. The maximum Gasteiger partial charge on any atom is 0.338 e. The van der Waals surface area contributed by atoms with E-state index in [1.807, 2.05) is 6.07 Å². The van der Waals surface area contributed by atoms with Gasteiger partial charge in [0.2, 0.25) is 0 Å². The second-order valence-electron chi connectivity index (χ2n) is 6.45. The molecule has 2 aliphatic rings. The molecule has 0 saturated carbocycles. The molecule has 0 spiro atoms. The zero-order chi connectivity index (χ0) is 16.6. The van der Waals surface area contributed by atoms with E-state index in [4.69, 9.17) is 9.47 Å². The standard InChI is InChI=1S/C17H21NO5/c1-18(21)12-8-9-13(18)15(17(20)22-2)14(10-12)23-16(19)11-6-4-3-5-7-11/h3-7,12-15H,8-10H2,1-2H3/t12-,13+,14-,15+,18?/m0/s1. The highest BCUT2D eigenvalue weighted by atomic mass is 16.6. The van der Waals surface area contributed by atoms with Gasteiger partial charge in [-0.1, -0.05) is 18.2 Å². The number of carbonyl (C=O) groups excluding carboxylic acids is 2. The van der Waals surface area contributed by atoms with E-state index < -0.39 is 34.6 Å². The van der Waals surface area contributed by atoms with Crippen molar-refractivity contribution in [3.8, 4) is 0 Å². The summed E-state index contributed by atoms with van der Waals surface area (Å²) in [5.74, 6) is -1.64. The summed E-state index contributed by atoms with van der Waals surface area (Å²) in [7, 11) is 2.90. The highest BCUT2D eigenvalue weighted by Gasteiger charge is 2.57. The third-order valence-electron chi connectivity index (χ3n) is 5.24. The Hall–Kier alpha value is -1.92. The van der Waals surface area contributed by atoms with Crippen molar-refractivity contribution in [2.45, 2.75) is 37.5 Å². The topological polar surface area (TPSA) is 75.7 Å². The van der Waals surface area contributed by atoms with Crippen LogP contribution < -0.4 is 0 Å². The minimum atomic E-state index is -0.700. The summed E-state index contributed by atoms with van der Waals surface area (Å²) in [5, 5.41) is 12.8. The van der Waals surface area contributed by atoms with Crippen LogP contribution >= 0.6 is 0 Å². The average molecular weight is 319 g/mol. The van der Waals surface area contributed by atoms with Crippen LogP contribution in [0.3, 0.4) is 0 Å². The summed E-state index contributed by atoms with van der Waals surface area (Å²) in [6, 6.07) is 8.12. The normalized spacial score (nSPS) is 35.6. The quantitative estimate of drug-likeness (QED) is 0.483. The number of esters is 2. The molecule has 2 aliphatic heterocycles. The third kappa shape index (κ3) is 2.72. The maximum absolute atomic E-state index is 12.8. The van der Waals surface area contributed by atoms with Crippen molar-refractivity contribution in [3.05, 3.63) is 41.1 Å². The van der Waals surface area contributed by atoms with Gasteiger partial charge < -0.3 is 19.3 Å². The first-order valence-corrected chi connectivity index (χ1v) is 7.86. The largest absolute Gasteiger partial charge is 0.633 e. The van der Waals surface area contributed by atoms with Gasteiger partial charge in [-0.15, -0.1) is 0 Å². The maximum atomic E-state index is 12.8. The first kappa shape index (κ1) is 16.0. The number of benzene rings is 1.